The van der Waals surface area contributed by atoms with Gasteiger partial charge in [0, 0.05) is 25.2 Å². The molecule has 0 spiro atoms. The second kappa shape index (κ2) is 7.39. The summed E-state index contributed by atoms with van der Waals surface area (Å²) in [7, 11) is 0. The van der Waals surface area contributed by atoms with Crippen LogP contribution in [0.1, 0.15) is 31.4 Å². The van der Waals surface area contributed by atoms with Crippen molar-refractivity contribution in [2.45, 2.75) is 31.8 Å². The Kier molecular flexibility index (Phi) is 5.53. The van der Waals surface area contributed by atoms with Crippen LogP contribution in [0.2, 0.25) is 0 Å². The van der Waals surface area contributed by atoms with Gasteiger partial charge in [-0.05, 0) is 29.2 Å². The predicted octanol–water partition coefficient (Wildman–Crippen LogP) is 2.59. The van der Waals surface area contributed by atoms with Gasteiger partial charge < -0.3 is 16.2 Å². The van der Waals surface area contributed by atoms with Crippen LogP contribution in [-0.2, 0) is 0 Å². The average Bonchev–Trinajstić information content (AvgIpc) is 2.51. The smallest absolute Gasteiger partial charge is 0.0452 e. The molecule has 2 unspecified atom stereocenters. The van der Waals surface area contributed by atoms with Gasteiger partial charge in [-0.1, -0.05) is 49.4 Å². The molecule has 3 nitrogen and oxygen atoms in total. The first-order valence-corrected chi connectivity index (χ1v) is 7.34. The lowest BCUT2D eigenvalue weighted by Crippen LogP contribution is -2.37. The van der Waals surface area contributed by atoms with E-state index in [9.17, 15) is 0 Å². The van der Waals surface area contributed by atoms with Gasteiger partial charge in [-0.2, -0.15) is 0 Å². The Balaban J connectivity index is 2.29. The number of rotatable bonds is 7. The average molecular weight is 272 g/mol. The third-order valence-electron chi connectivity index (χ3n) is 3.84. The molecule has 3 heteroatoms. The van der Waals surface area contributed by atoms with Crippen molar-refractivity contribution < 1.29 is 5.11 Å². The molecular weight excluding hydrogens is 248 g/mol. The van der Waals surface area contributed by atoms with Crippen molar-refractivity contribution in [3.8, 4) is 0 Å². The van der Waals surface area contributed by atoms with Crippen molar-refractivity contribution >= 4 is 10.8 Å². The molecule has 2 aromatic carbocycles. The van der Waals surface area contributed by atoms with E-state index >= 15 is 0 Å². The van der Waals surface area contributed by atoms with E-state index in [1.165, 1.54) is 16.3 Å². The number of hydrogen-bond acceptors (Lipinski definition) is 3. The highest BCUT2D eigenvalue weighted by molar-refractivity contribution is 5.86. The van der Waals surface area contributed by atoms with E-state index in [1.54, 1.807) is 0 Å². The van der Waals surface area contributed by atoms with Gasteiger partial charge in [0.25, 0.3) is 0 Å². The topological polar surface area (TPSA) is 58.3 Å². The monoisotopic (exact) mass is 272 g/mol. The zero-order valence-corrected chi connectivity index (χ0v) is 12.0. The number of benzene rings is 2. The quantitative estimate of drug-likeness (QED) is 0.726. The van der Waals surface area contributed by atoms with Crippen LogP contribution >= 0.6 is 0 Å². The van der Waals surface area contributed by atoms with Crippen molar-refractivity contribution in [2.24, 2.45) is 5.73 Å². The van der Waals surface area contributed by atoms with E-state index in [4.69, 9.17) is 10.8 Å². The molecule has 20 heavy (non-hydrogen) atoms. The van der Waals surface area contributed by atoms with Crippen LogP contribution in [0.15, 0.2) is 42.5 Å². The maximum atomic E-state index is 9.12. The largest absolute Gasteiger partial charge is 0.396 e. The Morgan fingerprint density at radius 3 is 2.60 bits per heavy atom. The van der Waals surface area contributed by atoms with E-state index in [0.29, 0.717) is 12.6 Å². The summed E-state index contributed by atoms with van der Waals surface area (Å²) in [5.41, 5.74) is 7.21. The predicted molar refractivity (Wildman–Crippen MR) is 84.7 cm³/mol. The molecule has 4 N–H and O–H groups in total. The van der Waals surface area contributed by atoms with Gasteiger partial charge >= 0.3 is 0 Å². The van der Waals surface area contributed by atoms with Crippen LogP contribution in [-0.4, -0.2) is 24.3 Å². The molecule has 0 aliphatic heterocycles. The number of hydrogen-bond donors (Lipinski definition) is 3. The first kappa shape index (κ1) is 15.0. The van der Waals surface area contributed by atoms with Gasteiger partial charge in [0.2, 0.25) is 0 Å². The highest BCUT2D eigenvalue weighted by Gasteiger charge is 2.16. The molecule has 2 atom stereocenters. The number of fused-ring (bicyclic) bond motifs is 1. The molecule has 0 radical (unpaired) electrons. The van der Waals surface area contributed by atoms with Crippen LogP contribution < -0.4 is 11.1 Å². The molecule has 0 aliphatic carbocycles. The van der Waals surface area contributed by atoms with E-state index in [2.05, 4.69) is 54.7 Å². The van der Waals surface area contributed by atoms with Crippen molar-refractivity contribution in [1.82, 2.24) is 5.32 Å². The van der Waals surface area contributed by atoms with Crippen LogP contribution in [0, 0.1) is 0 Å². The number of nitrogens with one attached hydrogen (secondary N) is 1. The fourth-order valence-corrected chi connectivity index (χ4v) is 2.68. The SMILES string of the molecule is CCC(CCO)NC(CN)c1cccc2ccccc12. The summed E-state index contributed by atoms with van der Waals surface area (Å²) >= 11 is 0. The molecule has 108 valence electrons. The number of aliphatic hydroxyl groups is 1. The lowest BCUT2D eigenvalue weighted by molar-refractivity contribution is 0.256. The molecule has 0 amide bonds. The molecule has 0 fully saturated rings. The van der Waals surface area contributed by atoms with Crippen LogP contribution in [0.3, 0.4) is 0 Å². The van der Waals surface area contributed by atoms with E-state index in [-0.39, 0.29) is 12.6 Å². The maximum absolute atomic E-state index is 9.12. The Morgan fingerprint density at radius 2 is 1.90 bits per heavy atom. The van der Waals surface area contributed by atoms with Gasteiger partial charge in [-0.15, -0.1) is 0 Å². The number of aliphatic hydroxyl groups excluding tert-OH is 1. The summed E-state index contributed by atoms with van der Waals surface area (Å²) in [5, 5.41) is 15.2. The third kappa shape index (κ3) is 3.37. The molecular formula is C17H24N2O. The van der Waals surface area contributed by atoms with Crippen molar-refractivity contribution in [3.63, 3.8) is 0 Å². The summed E-state index contributed by atoms with van der Waals surface area (Å²) in [5.74, 6) is 0. The molecule has 0 bridgehead atoms. The minimum atomic E-state index is 0.123. The van der Waals surface area contributed by atoms with Crippen LogP contribution in [0.4, 0.5) is 0 Å². The molecule has 2 aromatic rings. The third-order valence-corrected chi connectivity index (χ3v) is 3.84. The lowest BCUT2D eigenvalue weighted by Gasteiger charge is -2.25. The second-order valence-electron chi connectivity index (χ2n) is 5.14. The number of nitrogens with two attached hydrogens (primary N) is 1. The highest BCUT2D eigenvalue weighted by atomic mass is 16.3. The highest BCUT2D eigenvalue weighted by Crippen LogP contribution is 2.24. The van der Waals surface area contributed by atoms with Gasteiger partial charge in [0.1, 0.15) is 0 Å². The molecule has 2 rings (SSSR count). The normalized spacial score (nSPS) is 14.3. The first-order chi connectivity index (χ1) is 9.80. The fourth-order valence-electron chi connectivity index (χ4n) is 2.68. The minimum absolute atomic E-state index is 0.123. The maximum Gasteiger partial charge on any atom is 0.0452 e. The van der Waals surface area contributed by atoms with E-state index in [1.807, 2.05) is 0 Å². The molecule has 0 saturated carbocycles. The molecule has 0 heterocycles. The summed E-state index contributed by atoms with van der Waals surface area (Å²) in [6.07, 6.45) is 1.75. The van der Waals surface area contributed by atoms with E-state index in [0.717, 1.165) is 12.8 Å². The van der Waals surface area contributed by atoms with Crippen molar-refractivity contribution in [2.75, 3.05) is 13.2 Å². The minimum Gasteiger partial charge on any atom is -0.396 e. The van der Waals surface area contributed by atoms with Gasteiger partial charge in [-0.3, -0.25) is 0 Å². The van der Waals surface area contributed by atoms with E-state index < -0.39 is 0 Å². The Bertz CT molecular complexity index is 536. The Hall–Kier alpha value is -1.42. The van der Waals surface area contributed by atoms with Gasteiger partial charge in [-0.25, -0.2) is 0 Å². The van der Waals surface area contributed by atoms with Gasteiger partial charge in [0.15, 0.2) is 0 Å². The summed E-state index contributed by atoms with van der Waals surface area (Å²) < 4.78 is 0. The molecule has 0 saturated heterocycles. The zero-order valence-electron chi connectivity index (χ0n) is 12.0. The second-order valence-corrected chi connectivity index (χ2v) is 5.14. The fraction of sp³-hybridized carbons (Fsp3) is 0.412. The standard InChI is InChI=1S/C17H24N2O/c1-2-14(10-11-20)19-17(12-18)16-9-5-7-13-6-3-4-8-15(13)16/h3-9,14,17,19-20H,2,10-12,18H2,1H3. The van der Waals surface area contributed by atoms with Gasteiger partial charge in [0.05, 0.1) is 0 Å². The molecule has 0 aromatic heterocycles. The molecule has 0 aliphatic rings. The Labute approximate surface area is 120 Å². The first-order valence-electron chi connectivity index (χ1n) is 7.34. The zero-order chi connectivity index (χ0) is 14.4. The van der Waals surface area contributed by atoms with Crippen LogP contribution in [0.25, 0.3) is 10.8 Å². The summed E-state index contributed by atoms with van der Waals surface area (Å²) in [6, 6.07) is 15.1. The lowest BCUT2D eigenvalue weighted by atomic mass is 9.97. The van der Waals surface area contributed by atoms with Crippen molar-refractivity contribution in [3.05, 3.63) is 48.0 Å². The summed E-state index contributed by atoms with van der Waals surface area (Å²) in [4.78, 5) is 0. The van der Waals surface area contributed by atoms with Crippen LogP contribution in [0.5, 0.6) is 0 Å². The summed E-state index contributed by atoms with van der Waals surface area (Å²) in [6.45, 7) is 2.89. The van der Waals surface area contributed by atoms with Crippen molar-refractivity contribution in [1.29, 1.82) is 0 Å². The Morgan fingerprint density at radius 1 is 1.15 bits per heavy atom.